The van der Waals surface area contributed by atoms with Crippen LogP contribution in [0.1, 0.15) is 48.2 Å². The highest BCUT2D eigenvalue weighted by Crippen LogP contribution is 2.24. The molecule has 1 amide bonds. The summed E-state index contributed by atoms with van der Waals surface area (Å²) in [5.74, 6) is 0.447. The van der Waals surface area contributed by atoms with E-state index in [0.29, 0.717) is 23.6 Å². The number of aryl methyl sites for hydroxylation is 2. The first-order valence-corrected chi connectivity index (χ1v) is 10.3. The topological polar surface area (TPSA) is 58.6 Å². The van der Waals surface area contributed by atoms with Crippen LogP contribution in [0.3, 0.4) is 0 Å². The Bertz CT molecular complexity index is 829. The lowest BCUT2D eigenvalue weighted by atomic mass is 9.99. The fourth-order valence-electron chi connectivity index (χ4n) is 3.13. The van der Waals surface area contributed by atoms with Crippen LogP contribution < -0.4 is 10.1 Å². The minimum absolute atomic E-state index is 0.00916. The molecule has 0 saturated heterocycles. The Morgan fingerprint density at radius 3 is 2.45 bits per heavy atom. The van der Waals surface area contributed by atoms with Gasteiger partial charge in [0.1, 0.15) is 12.4 Å². The maximum Gasteiger partial charge on any atom is 0.224 e. The number of anilines is 1. The summed E-state index contributed by atoms with van der Waals surface area (Å²) < 4.78 is 5.87. The fourth-order valence-corrected chi connectivity index (χ4v) is 3.13. The van der Waals surface area contributed by atoms with Crippen LogP contribution in [0.4, 0.5) is 5.69 Å². The maximum absolute atomic E-state index is 12.5. The number of para-hydroxylation sites is 2. The zero-order chi connectivity index (χ0) is 21.2. The SMILES string of the molecule is CCN(CC)CCOc1ccccc1NC(=O)CCC(=O)c1cc(C)ccc1C. The molecule has 0 atom stereocenters. The Morgan fingerprint density at radius 2 is 1.72 bits per heavy atom. The number of ether oxygens (including phenoxy) is 1. The first-order valence-electron chi connectivity index (χ1n) is 10.3. The van der Waals surface area contributed by atoms with Crippen LogP contribution in [0.2, 0.25) is 0 Å². The monoisotopic (exact) mass is 396 g/mol. The van der Waals surface area contributed by atoms with Gasteiger partial charge in [-0.2, -0.15) is 0 Å². The smallest absolute Gasteiger partial charge is 0.224 e. The third-order valence-electron chi connectivity index (χ3n) is 4.99. The minimum Gasteiger partial charge on any atom is -0.490 e. The molecule has 0 aliphatic carbocycles. The summed E-state index contributed by atoms with van der Waals surface area (Å²) >= 11 is 0. The molecule has 0 unspecified atom stereocenters. The van der Waals surface area contributed by atoms with Gasteiger partial charge in [-0.25, -0.2) is 0 Å². The molecule has 0 aliphatic rings. The van der Waals surface area contributed by atoms with Gasteiger partial charge >= 0.3 is 0 Å². The van der Waals surface area contributed by atoms with Crippen molar-refractivity contribution in [3.8, 4) is 5.75 Å². The van der Waals surface area contributed by atoms with E-state index in [0.717, 1.165) is 30.8 Å². The summed E-state index contributed by atoms with van der Waals surface area (Å²) in [5.41, 5.74) is 3.31. The molecule has 2 aromatic rings. The Balaban J connectivity index is 1.90. The minimum atomic E-state index is -0.191. The predicted octanol–water partition coefficient (Wildman–Crippen LogP) is 4.63. The Kier molecular flexibility index (Phi) is 8.87. The average Bonchev–Trinajstić information content (AvgIpc) is 2.72. The summed E-state index contributed by atoms with van der Waals surface area (Å²) in [7, 11) is 0. The molecule has 156 valence electrons. The summed E-state index contributed by atoms with van der Waals surface area (Å²) in [6.07, 6.45) is 0.321. The van der Waals surface area contributed by atoms with E-state index in [1.54, 1.807) is 0 Å². The lowest BCUT2D eigenvalue weighted by Crippen LogP contribution is -2.28. The van der Waals surface area contributed by atoms with Gasteiger partial charge in [0.05, 0.1) is 5.69 Å². The molecule has 0 spiro atoms. The number of hydrogen-bond acceptors (Lipinski definition) is 4. The van der Waals surface area contributed by atoms with Crippen molar-refractivity contribution in [1.82, 2.24) is 4.90 Å². The van der Waals surface area contributed by atoms with Crippen LogP contribution in [0.5, 0.6) is 5.75 Å². The number of likely N-dealkylation sites (N-methyl/N-ethyl adjacent to an activating group) is 1. The molecule has 2 aromatic carbocycles. The molecule has 0 radical (unpaired) electrons. The number of ketones is 1. The lowest BCUT2D eigenvalue weighted by Gasteiger charge is -2.19. The van der Waals surface area contributed by atoms with Gasteiger partial charge < -0.3 is 15.0 Å². The number of hydrogen-bond donors (Lipinski definition) is 1. The van der Waals surface area contributed by atoms with Crippen molar-refractivity contribution < 1.29 is 14.3 Å². The van der Waals surface area contributed by atoms with E-state index < -0.39 is 0 Å². The first-order chi connectivity index (χ1) is 13.9. The van der Waals surface area contributed by atoms with Crippen LogP contribution in [0.15, 0.2) is 42.5 Å². The van der Waals surface area contributed by atoms with Crippen molar-refractivity contribution in [2.24, 2.45) is 0 Å². The summed E-state index contributed by atoms with van der Waals surface area (Å²) in [6.45, 7) is 11.5. The highest BCUT2D eigenvalue weighted by molar-refractivity contribution is 6.01. The van der Waals surface area contributed by atoms with E-state index >= 15 is 0 Å². The van der Waals surface area contributed by atoms with Gasteiger partial charge in [0.25, 0.3) is 0 Å². The number of rotatable bonds is 11. The molecule has 0 fully saturated rings. The van der Waals surface area contributed by atoms with Gasteiger partial charge in [-0.1, -0.05) is 43.7 Å². The number of benzene rings is 2. The van der Waals surface area contributed by atoms with Gasteiger partial charge in [-0.3, -0.25) is 9.59 Å². The van der Waals surface area contributed by atoms with Crippen LogP contribution in [-0.2, 0) is 4.79 Å². The molecular weight excluding hydrogens is 364 g/mol. The average molecular weight is 397 g/mol. The van der Waals surface area contributed by atoms with Crippen molar-refractivity contribution in [1.29, 1.82) is 0 Å². The molecule has 0 aromatic heterocycles. The zero-order valence-electron chi connectivity index (χ0n) is 18.0. The number of carbonyl (C=O) groups excluding carboxylic acids is 2. The number of amides is 1. The van der Waals surface area contributed by atoms with Gasteiger partial charge in [0.2, 0.25) is 5.91 Å². The molecule has 0 heterocycles. The first kappa shape index (κ1) is 22.6. The molecule has 1 N–H and O–H groups in total. The van der Waals surface area contributed by atoms with E-state index in [4.69, 9.17) is 4.74 Å². The van der Waals surface area contributed by atoms with Gasteiger partial charge in [-0.15, -0.1) is 0 Å². The van der Waals surface area contributed by atoms with Crippen LogP contribution >= 0.6 is 0 Å². The highest BCUT2D eigenvalue weighted by Gasteiger charge is 2.13. The van der Waals surface area contributed by atoms with Crippen LogP contribution in [0, 0.1) is 13.8 Å². The fraction of sp³-hybridized carbons (Fsp3) is 0.417. The third kappa shape index (κ3) is 7.02. The van der Waals surface area contributed by atoms with Crippen molar-refractivity contribution in [2.75, 3.05) is 31.6 Å². The van der Waals surface area contributed by atoms with E-state index in [-0.39, 0.29) is 24.5 Å². The Labute approximate surface area is 174 Å². The van der Waals surface area contributed by atoms with Crippen LogP contribution in [0.25, 0.3) is 0 Å². The standard InChI is InChI=1S/C24H32N2O3/c1-5-26(6-2)15-16-29-23-10-8-7-9-21(23)25-24(28)14-13-22(27)20-17-18(3)11-12-19(20)4/h7-12,17H,5-6,13-16H2,1-4H3,(H,25,28). The zero-order valence-corrected chi connectivity index (χ0v) is 18.0. The second kappa shape index (κ2) is 11.4. The second-order valence-corrected chi connectivity index (χ2v) is 7.16. The van der Waals surface area contributed by atoms with Crippen molar-refractivity contribution in [2.45, 2.75) is 40.5 Å². The van der Waals surface area contributed by atoms with Crippen LogP contribution in [-0.4, -0.2) is 42.8 Å². The van der Waals surface area contributed by atoms with Gasteiger partial charge in [0, 0.05) is 24.9 Å². The molecular formula is C24H32N2O3. The Hall–Kier alpha value is -2.66. The maximum atomic E-state index is 12.5. The molecule has 0 aliphatic heterocycles. The number of nitrogens with one attached hydrogen (secondary N) is 1. The van der Waals surface area contributed by atoms with Gasteiger partial charge in [0.15, 0.2) is 5.78 Å². The predicted molar refractivity (Wildman–Crippen MR) is 118 cm³/mol. The van der Waals surface area contributed by atoms with E-state index in [1.807, 2.05) is 56.3 Å². The summed E-state index contributed by atoms with van der Waals surface area (Å²) in [6, 6.07) is 13.2. The normalized spacial score (nSPS) is 10.8. The van der Waals surface area contributed by atoms with E-state index in [2.05, 4.69) is 24.1 Å². The van der Waals surface area contributed by atoms with Crippen molar-refractivity contribution in [3.63, 3.8) is 0 Å². The summed E-state index contributed by atoms with van der Waals surface area (Å²) in [5, 5.41) is 2.88. The second-order valence-electron chi connectivity index (χ2n) is 7.16. The third-order valence-corrected chi connectivity index (χ3v) is 4.99. The molecule has 0 bridgehead atoms. The largest absolute Gasteiger partial charge is 0.490 e. The van der Waals surface area contributed by atoms with E-state index in [9.17, 15) is 9.59 Å². The lowest BCUT2D eigenvalue weighted by molar-refractivity contribution is -0.116. The summed E-state index contributed by atoms with van der Waals surface area (Å²) in [4.78, 5) is 27.2. The molecule has 5 nitrogen and oxygen atoms in total. The van der Waals surface area contributed by atoms with Crippen molar-refractivity contribution in [3.05, 3.63) is 59.2 Å². The molecule has 5 heteroatoms. The van der Waals surface area contributed by atoms with Crippen molar-refractivity contribution >= 4 is 17.4 Å². The molecule has 0 saturated carbocycles. The molecule has 2 rings (SSSR count). The quantitative estimate of drug-likeness (QED) is 0.563. The molecule has 29 heavy (non-hydrogen) atoms. The number of nitrogens with zero attached hydrogens (tertiary/aromatic N) is 1. The van der Waals surface area contributed by atoms with E-state index in [1.165, 1.54) is 0 Å². The highest BCUT2D eigenvalue weighted by atomic mass is 16.5. The Morgan fingerprint density at radius 1 is 1.00 bits per heavy atom. The van der Waals surface area contributed by atoms with Gasteiger partial charge in [-0.05, 0) is 50.7 Å². The number of Topliss-reactive ketones (excluding diaryl/α,β-unsaturated/α-hetero) is 1. The number of carbonyl (C=O) groups is 2.